The van der Waals surface area contributed by atoms with E-state index >= 15 is 0 Å². The monoisotopic (exact) mass is 223 g/mol. The summed E-state index contributed by atoms with van der Waals surface area (Å²) in [6.07, 6.45) is 5.65. The second kappa shape index (κ2) is 4.29. The largest absolute Gasteiger partial charge is 0.380 e. The molecule has 0 saturated heterocycles. The molecule has 0 aliphatic heterocycles. The molecule has 0 atom stereocenters. The number of fused-ring (bicyclic) bond motifs is 1. The van der Waals surface area contributed by atoms with Gasteiger partial charge in [-0.25, -0.2) is 0 Å². The van der Waals surface area contributed by atoms with Crippen LogP contribution in [0.5, 0.6) is 0 Å². The number of H-pyrrole nitrogens is 1. The lowest BCUT2D eigenvalue weighted by molar-refractivity contribution is 1.15. The molecule has 0 unspecified atom stereocenters. The number of hydrogen-bond donors (Lipinski definition) is 2. The maximum absolute atomic E-state index is 4.08. The van der Waals surface area contributed by atoms with E-state index in [0.29, 0.717) is 0 Å². The Kier molecular flexibility index (Phi) is 2.50. The van der Waals surface area contributed by atoms with Crippen molar-refractivity contribution in [1.82, 2.24) is 9.97 Å². The van der Waals surface area contributed by atoms with Gasteiger partial charge in [0.25, 0.3) is 0 Å². The van der Waals surface area contributed by atoms with Gasteiger partial charge in [-0.2, -0.15) is 0 Å². The number of nitrogens with zero attached hydrogens (tertiary/aromatic N) is 1. The van der Waals surface area contributed by atoms with Crippen molar-refractivity contribution < 1.29 is 0 Å². The van der Waals surface area contributed by atoms with Crippen LogP contribution >= 0.6 is 0 Å². The molecule has 0 radical (unpaired) electrons. The lowest BCUT2D eigenvalue weighted by atomic mass is 10.2. The summed E-state index contributed by atoms with van der Waals surface area (Å²) < 4.78 is 0. The van der Waals surface area contributed by atoms with E-state index in [4.69, 9.17) is 0 Å². The third kappa shape index (κ3) is 1.99. The molecule has 2 aromatic heterocycles. The molecule has 0 aliphatic rings. The molecule has 17 heavy (non-hydrogen) atoms. The number of aromatic amines is 1. The number of rotatable bonds is 3. The van der Waals surface area contributed by atoms with Crippen LogP contribution in [0.15, 0.2) is 55.0 Å². The van der Waals surface area contributed by atoms with Crippen molar-refractivity contribution >= 4 is 16.6 Å². The summed E-state index contributed by atoms with van der Waals surface area (Å²) in [6, 6.07) is 12.3. The van der Waals surface area contributed by atoms with Gasteiger partial charge in [0.15, 0.2) is 0 Å². The van der Waals surface area contributed by atoms with Crippen molar-refractivity contribution in [3.05, 3.63) is 60.6 Å². The Labute approximate surface area is 99.5 Å². The van der Waals surface area contributed by atoms with Gasteiger partial charge in [0.1, 0.15) is 0 Å². The first-order valence-corrected chi connectivity index (χ1v) is 5.62. The van der Waals surface area contributed by atoms with Crippen LogP contribution in [0.2, 0.25) is 0 Å². The van der Waals surface area contributed by atoms with E-state index in [9.17, 15) is 0 Å². The lowest BCUT2D eigenvalue weighted by Crippen LogP contribution is -1.98. The highest BCUT2D eigenvalue weighted by molar-refractivity contribution is 5.83. The predicted octanol–water partition coefficient (Wildman–Crippen LogP) is 3.18. The fourth-order valence-electron chi connectivity index (χ4n) is 1.94. The van der Waals surface area contributed by atoms with E-state index in [1.165, 1.54) is 16.5 Å². The normalized spacial score (nSPS) is 10.6. The second-order valence-corrected chi connectivity index (χ2v) is 3.95. The Bertz CT molecular complexity index is 613. The molecule has 0 fully saturated rings. The SMILES string of the molecule is c1cncc(NCc2c[nH]c3ccccc23)c1. The van der Waals surface area contributed by atoms with E-state index in [1.54, 1.807) is 6.20 Å². The molecule has 1 aromatic carbocycles. The third-order valence-electron chi connectivity index (χ3n) is 2.82. The van der Waals surface area contributed by atoms with Crippen molar-refractivity contribution in [3.63, 3.8) is 0 Å². The van der Waals surface area contributed by atoms with Crippen molar-refractivity contribution in [2.24, 2.45) is 0 Å². The van der Waals surface area contributed by atoms with Crippen LogP contribution in [0.4, 0.5) is 5.69 Å². The van der Waals surface area contributed by atoms with Crippen LogP contribution in [0.3, 0.4) is 0 Å². The fourth-order valence-corrected chi connectivity index (χ4v) is 1.94. The summed E-state index contributed by atoms with van der Waals surface area (Å²) in [5, 5.41) is 4.62. The summed E-state index contributed by atoms with van der Waals surface area (Å²) >= 11 is 0. The minimum absolute atomic E-state index is 0.801. The maximum Gasteiger partial charge on any atom is 0.0529 e. The molecule has 2 N–H and O–H groups in total. The Balaban J connectivity index is 1.82. The molecule has 3 nitrogen and oxygen atoms in total. The molecule has 0 spiro atoms. The molecule has 0 saturated carbocycles. The zero-order chi connectivity index (χ0) is 11.5. The molecule has 3 heteroatoms. The van der Waals surface area contributed by atoms with E-state index < -0.39 is 0 Å². The number of hydrogen-bond acceptors (Lipinski definition) is 2. The third-order valence-corrected chi connectivity index (χ3v) is 2.82. The van der Waals surface area contributed by atoms with E-state index in [2.05, 4.69) is 33.5 Å². The average molecular weight is 223 g/mol. The smallest absolute Gasteiger partial charge is 0.0529 e. The number of para-hydroxylation sites is 1. The van der Waals surface area contributed by atoms with Crippen LogP contribution in [-0.2, 0) is 6.54 Å². The van der Waals surface area contributed by atoms with Gasteiger partial charge < -0.3 is 10.3 Å². The van der Waals surface area contributed by atoms with Crippen LogP contribution in [0.1, 0.15) is 5.56 Å². The van der Waals surface area contributed by atoms with Crippen molar-refractivity contribution in [2.75, 3.05) is 5.32 Å². The number of nitrogens with one attached hydrogen (secondary N) is 2. The Hall–Kier alpha value is -2.29. The standard InChI is InChI=1S/C14H13N3/c1-2-6-14-13(5-1)11(9-17-14)8-16-12-4-3-7-15-10-12/h1-7,9-10,16-17H,8H2. The first-order valence-electron chi connectivity index (χ1n) is 5.62. The Morgan fingerprint density at radius 2 is 2.06 bits per heavy atom. The van der Waals surface area contributed by atoms with E-state index in [-0.39, 0.29) is 0 Å². The molecule has 2 heterocycles. The second-order valence-electron chi connectivity index (χ2n) is 3.95. The van der Waals surface area contributed by atoms with Gasteiger partial charge in [0.2, 0.25) is 0 Å². The van der Waals surface area contributed by atoms with Gasteiger partial charge in [-0.1, -0.05) is 18.2 Å². The van der Waals surface area contributed by atoms with Gasteiger partial charge >= 0.3 is 0 Å². The topological polar surface area (TPSA) is 40.7 Å². The zero-order valence-corrected chi connectivity index (χ0v) is 9.35. The van der Waals surface area contributed by atoms with Crippen molar-refractivity contribution in [1.29, 1.82) is 0 Å². The first kappa shape index (κ1) is 9.90. The quantitative estimate of drug-likeness (QED) is 0.716. The highest BCUT2D eigenvalue weighted by Gasteiger charge is 2.01. The summed E-state index contributed by atoms with van der Waals surface area (Å²) in [4.78, 5) is 7.35. The molecule has 0 amide bonds. The average Bonchev–Trinajstić information content (AvgIpc) is 2.81. The van der Waals surface area contributed by atoms with Crippen molar-refractivity contribution in [2.45, 2.75) is 6.54 Å². The number of pyridine rings is 1. The summed E-state index contributed by atoms with van der Waals surface area (Å²) in [5.74, 6) is 0. The van der Waals surface area contributed by atoms with Gasteiger partial charge in [-0.3, -0.25) is 4.98 Å². The minimum atomic E-state index is 0.801. The van der Waals surface area contributed by atoms with Gasteiger partial charge in [-0.05, 0) is 23.8 Å². The first-order chi connectivity index (χ1) is 8.43. The molecule has 84 valence electrons. The van der Waals surface area contributed by atoms with Crippen molar-refractivity contribution in [3.8, 4) is 0 Å². The summed E-state index contributed by atoms with van der Waals surface area (Å²) in [5.41, 5.74) is 3.48. The van der Waals surface area contributed by atoms with Crippen LogP contribution < -0.4 is 5.32 Å². The van der Waals surface area contributed by atoms with E-state index in [0.717, 1.165) is 12.2 Å². The number of benzene rings is 1. The number of aromatic nitrogens is 2. The molecule has 0 bridgehead atoms. The lowest BCUT2D eigenvalue weighted by Gasteiger charge is -2.04. The Morgan fingerprint density at radius 3 is 2.94 bits per heavy atom. The summed E-state index contributed by atoms with van der Waals surface area (Å²) in [6.45, 7) is 0.801. The van der Waals surface area contributed by atoms with Gasteiger partial charge in [0, 0.05) is 36.0 Å². The maximum atomic E-state index is 4.08. The van der Waals surface area contributed by atoms with Crippen LogP contribution in [-0.4, -0.2) is 9.97 Å². The molecule has 3 aromatic rings. The highest BCUT2D eigenvalue weighted by atomic mass is 14.9. The zero-order valence-electron chi connectivity index (χ0n) is 9.35. The van der Waals surface area contributed by atoms with E-state index in [1.807, 2.05) is 30.6 Å². The van der Waals surface area contributed by atoms with Crippen LogP contribution in [0.25, 0.3) is 10.9 Å². The number of anilines is 1. The van der Waals surface area contributed by atoms with Gasteiger partial charge in [-0.15, -0.1) is 0 Å². The molecular weight excluding hydrogens is 210 g/mol. The molecule has 0 aliphatic carbocycles. The summed E-state index contributed by atoms with van der Waals surface area (Å²) in [7, 11) is 0. The minimum Gasteiger partial charge on any atom is -0.380 e. The fraction of sp³-hybridized carbons (Fsp3) is 0.0714. The predicted molar refractivity (Wildman–Crippen MR) is 69.9 cm³/mol. The molecular formula is C14H13N3. The molecule has 3 rings (SSSR count). The van der Waals surface area contributed by atoms with Crippen LogP contribution in [0, 0.1) is 0 Å². The van der Waals surface area contributed by atoms with Gasteiger partial charge in [0.05, 0.1) is 5.69 Å². The highest BCUT2D eigenvalue weighted by Crippen LogP contribution is 2.18. The Morgan fingerprint density at radius 1 is 1.12 bits per heavy atom.